The molecule has 0 N–H and O–H groups in total. The molecule has 0 spiro atoms. The van der Waals surface area contributed by atoms with Crippen LogP contribution in [-0.4, -0.2) is 24.7 Å². The summed E-state index contributed by atoms with van der Waals surface area (Å²) in [6, 6.07) is 14.1. The van der Waals surface area contributed by atoms with Gasteiger partial charge in [-0.3, -0.25) is 0 Å². The van der Waals surface area contributed by atoms with Gasteiger partial charge in [-0.15, -0.1) is 0 Å². The minimum Gasteiger partial charge on any atom is -0.481 e. The second-order valence-electron chi connectivity index (χ2n) is 5.56. The predicted octanol–water partition coefficient (Wildman–Crippen LogP) is 4.63. The number of hydrogen-bond acceptors (Lipinski definition) is 4. The first-order valence-corrected chi connectivity index (χ1v) is 8.21. The second kappa shape index (κ2) is 7.78. The Balaban J connectivity index is 1.97. The molecule has 3 aromatic rings. The van der Waals surface area contributed by atoms with E-state index in [-0.39, 0.29) is 5.82 Å². The smallest absolute Gasteiger partial charge is 0.330 e. The number of fused-ring (bicyclic) bond motifs is 1. The van der Waals surface area contributed by atoms with Gasteiger partial charge in [-0.05, 0) is 42.7 Å². The first kappa shape index (κ1) is 17.6. The molecule has 0 aliphatic carbocycles. The molecule has 0 radical (unpaired) electrons. The van der Waals surface area contributed by atoms with Crippen molar-refractivity contribution in [3.63, 3.8) is 0 Å². The maximum absolute atomic E-state index is 14.0. The first-order valence-electron chi connectivity index (χ1n) is 8.21. The van der Waals surface area contributed by atoms with E-state index in [1.54, 1.807) is 37.3 Å². The molecule has 0 atom stereocenters. The molecule has 1 aromatic heterocycles. The Morgan fingerprint density at radius 2 is 2.04 bits per heavy atom. The lowest BCUT2D eigenvalue weighted by Crippen LogP contribution is -1.99. The van der Waals surface area contributed by atoms with Crippen molar-refractivity contribution >= 4 is 22.8 Å². The molecule has 1 heterocycles. The van der Waals surface area contributed by atoms with Crippen LogP contribution in [-0.2, 0) is 9.53 Å². The SMILES string of the molecule is CCOC(=O)/C=C/c1ccc(-c2ccc3cccc(F)c3c2)nc1OC. The summed E-state index contributed by atoms with van der Waals surface area (Å²) in [5.74, 6) is -0.328. The van der Waals surface area contributed by atoms with Gasteiger partial charge in [-0.1, -0.05) is 24.3 Å². The zero-order valence-corrected chi connectivity index (χ0v) is 14.5. The van der Waals surface area contributed by atoms with Crippen molar-refractivity contribution < 1.29 is 18.7 Å². The lowest BCUT2D eigenvalue weighted by Gasteiger charge is -2.08. The number of esters is 1. The van der Waals surface area contributed by atoms with Crippen LogP contribution in [0.4, 0.5) is 4.39 Å². The van der Waals surface area contributed by atoms with E-state index in [1.165, 1.54) is 19.3 Å². The van der Waals surface area contributed by atoms with Gasteiger partial charge in [0.25, 0.3) is 0 Å². The summed E-state index contributed by atoms with van der Waals surface area (Å²) in [4.78, 5) is 15.9. The standard InChI is InChI=1S/C21H18FNO3/c1-3-26-20(24)12-10-15-9-11-19(23-21(15)25-2)16-8-7-14-5-4-6-18(22)17(14)13-16/h4-13H,3H2,1-2H3/b12-10+. The van der Waals surface area contributed by atoms with Crippen LogP contribution in [0, 0.1) is 5.82 Å². The van der Waals surface area contributed by atoms with Crippen LogP contribution in [0.3, 0.4) is 0 Å². The average Bonchev–Trinajstić information content (AvgIpc) is 2.66. The number of carbonyl (C=O) groups excluding carboxylic acids is 1. The van der Waals surface area contributed by atoms with Crippen LogP contribution in [0.25, 0.3) is 28.1 Å². The summed E-state index contributed by atoms with van der Waals surface area (Å²) in [6.45, 7) is 2.06. The fourth-order valence-corrected chi connectivity index (χ4v) is 2.64. The van der Waals surface area contributed by atoms with Crippen LogP contribution in [0.15, 0.2) is 54.6 Å². The molecule has 3 rings (SSSR count). The number of pyridine rings is 1. The molecular weight excluding hydrogens is 333 g/mol. The highest BCUT2D eigenvalue weighted by Gasteiger charge is 2.09. The zero-order valence-electron chi connectivity index (χ0n) is 14.5. The molecule has 0 saturated heterocycles. The number of carbonyl (C=O) groups is 1. The molecule has 0 fully saturated rings. The lowest BCUT2D eigenvalue weighted by molar-refractivity contribution is -0.137. The van der Waals surface area contributed by atoms with E-state index in [1.807, 2.05) is 18.2 Å². The maximum Gasteiger partial charge on any atom is 0.330 e. The van der Waals surface area contributed by atoms with Crippen LogP contribution in [0.2, 0.25) is 0 Å². The third kappa shape index (κ3) is 3.72. The Morgan fingerprint density at radius 1 is 1.19 bits per heavy atom. The maximum atomic E-state index is 14.0. The molecule has 132 valence electrons. The first-order chi connectivity index (χ1) is 12.6. The van der Waals surface area contributed by atoms with Crippen LogP contribution >= 0.6 is 0 Å². The molecular formula is C21H18FNO3. The summed E-state index contributed by atoms with van der Waals surface area (Å²) in [5, 5.41) is 1.37. The largest absolute Gasteiger partial charge is 0.481 e. The Labute approximate surface area is 150 Å². The molecule has 0 aliphatic rings. The van der Waals surface area contributed by atoms with Crippen LogP contribution in [0.1, 0.15) is 12.5 Å². The third-order valence-electron chi connectivity index (χ3n) is 3.89. The molecule has 5 heteroatoms. The van der Waals surface area contributed by atoms with Gasteiger partial charge in [-0.2, -0.15) is 0 Å². The van der Waals surface area contributed by atoms with E-state index in [0.717, 1.165) is 10.9 Å². The fourth-order valence-electron chi connectivity index (χ4n) is 2.64. The average molecular weight is 351 g/mol. The summed E-state index contributed by atoms with van der Waals surface area (Å²) >= 11 is 0. The minimum absolute atomic E-state index is 0.273. The monoisotopic (exact) mass is 351 g/mol. The Morgan fingerprint density at radius 3 is 2.81 bits per heavy atom. The van der Waals surface area contributed by atoms with Gasteiger partial charge in [0.2, 0.25) is 5.88 Å². The highest BCUT2D eigenvalue weighted by molar-refractivity contribution is 5.88. The van der Waals surface area contributed by atoms with E-state index in [4.69, 9.17) is 9.47 Å². The number of rotatable bonds is 5. The predicted molar refractivity (Wildman–Crippen MR) is 99.4 cm³/mol. The second-order valence-corrected chi connectivity index (χ2v) is 5.56. The van der Waals surface area contributed by atoms with Gasteiger partial charge in [0.15, 0.2) is 0 Å². The van der Waals surface area contributed by atoms with Gasteiger partial charge < -0.3 is 9.47 Å². The zero-order chi connectivity index (χ0) is 18.5. The van der Waals surface area contributed by atoms with Crippen LogP contribution in [0.5, 0.6) is 5.88 Å². The molecule has 0 unspecified atom stereocenters. The summed E-state index contributed by atoms with van der Waals surface area (Å²) in [7, 11) is 1.51. The van der Waals surface area contributed by atoms with E-state index >= 15 is 0 Å². The van der Waals surface area contributed by atoms with Crippen molar-refractivity contribution in [2.75, 3.05) is 13.7 Å². The molecule has 4 nitrogen and oxygen atoms in total. The van der Waals surface area contributed by atoms with Crippen LogP contribution < -0.4 is 4.74 Å². The Kier molecular flexibility index (Phi) is 5.27. The minimum atomic E-state index is -0.427. The number of ether oxygens (including phenoxy) is 2. The Hall–Kier alpha value is -3.21. The number of methoxy groups -OCH3 is 1. The Bertz CT molecular complexity index is 982. The molecule has 2 aromatic carbocycles. The van der Waals surface area contributed by atoms with Crippen molar-refractivity contribution in [2.24, 2.45) is 0 Å². The van der Waals surface area contributed by atoms with Gasteiger partial charge in [0, 0.05) is 22.6 Å². The highest BCUT2D eigenvalue weighted by Crippen LogP contribution is 2.28. The number of hydrogen-bond donors (Lipinski definition) is 0. The quantitative estimate of drug-likeness (QED) is 0.497. The molecule has 0 amide bonds. The van der Waals surface area contributed by atoms with E-state index in [0.29, 0.717) is 29.1 Å². The molecule has 0 saturated carbocycles. The van der Waals surface area contributed by atoms with E-state index in [9.17, 15) is 9.18 Å². The number of benzene rings is 2. The van der Waals surface area contributed by atoms with Gasteiger partial charge >= 0.3 is 5.97 Å². The van der Waals surface area contributed by atoms with Crippen molar-refractivity contribution in [1.29, 1.82) is 0 Å². The normalized spacial score (nSPS) is 11.0. The molecule has 0 bridgehead atoms. The molecule has 0 aliphatic heterocycles. The third-order valence-corrected chi connectivity index (χ3v) is 3.89. The van der Waals surface area contributed by atoms with Crippen molar-refractivity contribution in [1.82, 2.24) is 4.98 Å². The van der Waals surface area contributed by atoms with Gasteiger partial charge in [0.1, 0.15) is 5.82 Å². The number of halogens is 1. The van der Waals surface area contributed by atoms with Gasteiger partial charge in [-0.25, -0.2) is 14.2 Å². The van der Waals surface area contributed by atoms with E-state index in [2.05, 4.69) is 4.98 Å². The summed E-state index contributed by atoms with van der Waals surface area (Å²) in [5.41, 5.74) is 2.08. The van der Waals surface area contributed by atoms with Gasteiger partial charge in [0.05, 0.1) is 19.4 Å². The molecule has 26 heavy (non-hydrogen) atoms. The van der Waals surface area contributed by atoms with E-state index < -0.39 is 5.97 Å². The highest BCUT2D eigenvalue weighted by atomic mass is 19.1. The summed E-state index contributed by atoms with van der Waals surface area (Å²) in [6.07, 6.45) is 2.92. The van der Waals surface area contributed by atoms with Crippen molar-refractivity contribution in [2.45, 2.75) is 6.92 Å². The summed E-state index contributed by atoms with van der Waals surface area (Å²) < 4.78 is 24.2. The number of nitrogens with zero attached hydrogens (tertiary/aromatic N) is 1. The fraction of sp³-hybridized carbons (Fsp3) is 0.143. The number of aromatic nitrogens is 1. The topological polar surface area (TPSA) is 48.4 Å². The lowest BCUT2D eigenvalue weighted by atomic mass is 10.0. The van der Waals surface area contributed by atoms with Crippen molar-refractivity contribution in [3.8, 4) is 17.1 Å². The van der Waals surface area contributed by atoms with Crippen molar-refractivity contribution in [3.05, 3.63) is 66.0 Å².